The minimum Gasteiger partial charge on any atom is -0.497 e. The maximum atomic E-state index is 6.16. The maximum absolute atomic E-state index is 6.16. The van der Waals surface area contributed by atoms with Crippen LogP contribution < -0.4 is 20.1 Å². The number of nitrogens with two attached hydrogens (primary N) is 1. The Morgan fingerprint density at radius 2 is 1.97 bits per heavy atom. The lowest BCUT2D eigenvalue weighted by molar-refractivity contribution is 0.309. The Kier molecular flexibility index (Phi) is 3.97. The molecule has 0 radical (unpaired) electrons. The second kappa shape index (κ2) is 6.66. The van der Waals surface area contributed by atoms with Gasteiger partial charge in [-0.15, -0.1) is 0 Å². The van der Waals surface area contributed by atoms with Crippen molar-refractivity contribution in [2.24, 2.45) is 0 Å². The molecule has 0 fully saturated rings. The van der Waals surface area contributed by atoms with Crippen molar-refractivity contribution in [3.8, 4) is 34.0 Å². The van der Waals surface area contributed by atoms with Gasteiger partial charge in [0.2, 0.25) is 0 Å². The molecule has 146 valence electrons. The Morgan fingerprint density at radius 1 is 1.14 bits per heavy atom. The van der Waals surface area contributed by atoms with E-state index < -0.39 is 0 Å². The Bertz CT molecular complexity index is 1220. The van der Waals surface area contributed by atoms with Gasteiger partial charge in [0.1, 0.15) is 24.0 Å². The Balaban J connectivity index is 1.57. The van der Waals surface area contributed by atoms with Crippen LogP contribution in [0.1, 0.15) is 0 Å². The van der Waals surface area contributed by atoms with Crippen molar-refractivity contribution < 1.29 is 9.47 Å². The van der Waals surface area contributed by atoms with Crippen LogP contribution >= 0.6 is 0 Å². The number of hydrogen-bond donors (Lipinski definition) is 2. The van der Waals surface area contributed by atoms with Crippen LogP contribution in [-0.4, -0.2) is 47.2 Å². The molecule has 0 saturated heterocycles. The molecule has 3 aromatic heterocycles. The number of nitrogen functional groups attached to an aromatic ring is 1. The smallest absolute Gasteiger partial charge is 0.171 e. The minimum absolute atomic E-state index is 0.404. The van der Waals surface area contributed by atoms with Gasteiger partial charge in [-0.2, -0.15) is 0 Å². The largest absolute Gasteiger partial charge is 0.497 e. The summed E-state index contributed by atoms with van der Waals surface area (Å²) in [7, 11) is 3.64. The summed E-state index contributed by atoms with van der Waals surface area (Å²) in [4.78, 5) is 19.0. The molecule has 0 atom stereocenters. The highest BCUT2D eigenvalue weighted by atomic mass is 16.5. The fourth-order valence-corrected chi connectivity index (χ4v) is 3.45. The number of methoxy groups -OCH3 is 1. The van der Waals surface area contributed by atoms with Crippen LogP contribution in [0.4, 0.5) is 11.6 Å². The van der Waals surface area contributed by atoms with Crippen molar-refractivity contribution in [1.29, 1.82) is 0 Å². The first-order chi connectivity index (χ1) is 14.1. The average Bonchev–Trinajstić information content (AvgIpc) is 3.17. The van der Waals surface area contributed by atoms with E-state index in [0.717, 1.165) is 51.6 Å². The number of benzene rings is 1. The number of likely N-dealkylation sites (N-methyl/N-ethyl adjacent to an activating group) is 1. The van der Waals surface area contributed by atoms with Gasteiger partial charge in [-0.05, 0) is 24.3 Å². The van der Waals surface area contributed by atoms with Gasteiger partial charge < -0.3 is 25.1 Å². The number of H-pyrrole nitrogens is 1. The maximum Gasteiger partial charge on any atom is 0.171 e. The Morgan fingerprint density at radius 3 is 2.83 bits per heavy atom. The standard InChI is InChI=1S/C21H20N6O2/c1-27-5-6-29-18-8-13(11-24-21(18)27)12-7-15(19(22)23-10-12)20-25-16-4-3-14(28-2)9-17(16)26-20/h3-4,7-11H,5-6H2,1-2H3,(H2,22,23)(H,25,26). The third-order valence-electron chi connectivity index (χ3n) is 5.07. The van der Waals surface area contributed by atoms with Crippen LogP contribution in [0.2, 0.25) is 0 Å². The van der Waals surface area contributed by atoms with E-state index in [0.29, 0.717) is 18.2 Å². The van der Waals surface area contributed by atoms with Gasteiger partial charge in [-0.25, -0.2) is 15.0 Å². The lowest BCUT2D eigenvalue weighted by Crippen LogP contribution is -2.29. The van der Waals surface area contributed by atoms with Crippen LogP contribution in [0.3, 0.4) is 0 Å². The molecular weight excluding hydrogens is 368 g/mol. The molecule has 4 aromatic rings. The first-order valence-electron chi connectivity index (χ1n) is 9.26. The van der Waals surface area contributed by atoms with Crippen molar-refractivity contribution in [3.63, 3.8) is 0 Å². The molecule has 1 aliphatic rings. The van der Waals surface area contributed by atoms with Gasteiger partial charge >= 0.3 is 0 Å². The summed E-state index contributed by atoms with van der Waals surface area (Å²) in [6.45, 7) is 1.46. The van der Waals surface area contributed by atoms with E-state index in [4.69, 9.17) is 15.2 Å². The number of aromatic amines is 1. The zero-order chi connectivity index (χ0) is 20.0. The third-order valence-corrected chi connectivity index (χ3v) is 5.07. The third kappa shape index (κ3) is 2.98. The first-order valence-corrected chi connectivity index (χ1v) is 9.26. The number of nitrogens with zero attached hydrogens (tertiary/aromatic N) is 4. The monoisotopic (exact) mass is 388 g/mol. The molecule has 1 aromatic carbocycles. The molecule has 0 spiro atoms. The SMILES string of the molecule is COc1ccc2nc(-c3cc(-c4cnc5c(c4)OCCN5C)cnc3N)[nH]c2c1. The predicted molar refractivity (Wildman–Crippen MR) is 112 cm³/mol. The van der Waals surface area contributed by atoms with E-state index >= 15 is 0 Å². The number of pyridine rings is 2. The van der Waals surface area contributed by atoms with E-state index in [1.165, 1.54) is 0 Å². The van der Waals surface area contributed by atoms with Crippen LogP contribution in [0, 0.1) is 0 Å². The van der Waals surface area contributed by atoms with E-state index in [-0.39, 0.29) is 0 Å². The van der Waals surface area contributed by atoms with Crippen molar-refractivity contribution >= 4 is 22.7 Å². The topological polar surface area (TPSA) is 102 Å². The highest BCUT2D eigenvalue weighted by molar-refractivity contribution is 5.84. The minimum atomic E-state index is 0.404. The Hall–Kier alpha value is -3.81. The lowest BCUT2D eigenvalue weighted by atomic mass is 10.1. The number of imidazole rings is 1. The molecular formula is C21H20N6O2. The van der Waals surface area contributed by atoms with Crippen molar-refractivity contribution in [3.05, 3.63) is 42.7 Å². The highest BCUT2D eigenvalue weighted by Gasteiger charge is 2.18. The second-order valence-electron chi connectivity index (χ2n) is 6.94. The van der Waals surface area contributed by atoms with Crippen molar-refractivity contribution in [1.82, 2.24) is 19.9 Å². The quantitative estimate of drug-likeness (QED) is 0.556. The summed E-state index contributed by atoms with van der Waals surface area (Å²) in [5.74, 6) is 3.43. The van der Waals surface area contributed by atoms with Crippen molar-refractivity contribution in [2.45, 2.75) is 0 Å². The molecule has 0 aliphatic carbocycles. The number of anilines is 2. The number of rotatable bonds is 3. The zero-order valence-corrected chi connectivity index (χ0v) is 16.1. The van der Waals surface area contributed by atoms with Gasteiger partial charge in [-0.1, -0.05) is 0 Å². The van der Waals surface area contributed by atoms with E-state index in [2.05, 4.69) is 24.8 Å². The lowest BCUT2D eigenvalue weighted by Gasteiger charge is -2.26. The average molecular weight is 388 g/mol. The number of ether oxygens (including phenoxy) is 2. The van der Waals surface area contributed by atoms with Gasteiger partial charge in [-0.3, -0.25) is 0 Å². The van der Waals surface area contributed by atoms with E-state index in [1.807, 2.05) is 43.6 Å². The zero-order valence-electron chi connectivity index (χ0n) is 16.1. The number of fused-ring (bicyclic) bond motifs is 2. The molecule has 8 heteroatoms. The molecule has 8 nitrogen and oxygen atoms in total. The van der Waals surface area contributed by atoms with Gasteiger partial charge in [0, 0.05) is 36.6 Å². The summed E-state index contributed by atoms with van der Waals surface area (Å²) in [6, 6.07) is 9.63. The van der Waals surface area contributed by atoms with E-state index in [1.54, 1.807) is 13.3 Å². The molecule has 0 unspecified atom stereocenters. The van der Waals surface area contributed by atoms with E-state index in [9.17, 15) is 0 Å². The molecule has 4 heterocycles. The summed E-state index contributed by atoms with van der Waals surface area (Å²) in [5.41, 5.74) is 10.4. The van der Waals surface area contributed by atoms with Gasteiger partial charge in [0.05, 0.1) is 30.3 Å². The second-order valence-corrected chi connectivity index (χ2v) is 6.94. The highest BCUT2D eigenvalue weighted by Crippen LogP contribution is 2.35. The molecule has 3 N–H and O–H groups in total. The summed E-state index contributed by atoms with van der Waals surface area (Å²) < 4.78 is 11.1. The van der Waals surface area contributed by atoms with Gasteiger partial charge in [0.25, 0.3) is 0 Å². The molecule has 1 aliphatic heterocycles. The fraction of sp³-hybridized carbons (Fsp3) is 0.190. The predicted octanol–water partition coefficient (Wildman–Crippen LogP) is 3.11. The Labute approximate surface area is 167 Å². The van der Waals surface area contributed by atoms with Crippen molar-refractivity contribution in [2.75, 3.05) is 37.9 Å². The van der Waals surface area contributed by atoms with Crippen LogP contribution in [0.5, 0.6) is 11.5 Å². The van der Waals surface area contributed by atoms with Crippen LogP contribution in [-0.2, 0) is 0 Å². The first kappa shape index (κ1) is 17.3. The number of aromatic nitrogens is 4. The summed E-state index contributed by atoms with van der Waals surface area (Å²) in [5, 5.41) is 0. The molecule has 0 saturated carbocycles. The summed E-state index contributed by atoms with van der Waals surface area (Å²) >= 11 is 0. The molecule has 0 bridgehead atoms. The fourth-order valence-electron chi connectivity index (χ4n) is 3.45. The van der Waals surface area contributed by atoms with Gasteiger partial charge in [0.15, 0.2) is 11.6 Å². The van der Waals surface area contributed by atoms with Crippen LogP contribution in [0.15, 0.2) is 42.7 Å². The van der Waals surface area contributed by atoms with Crippen LogP contribution in [0.25, 0.3) is 33.5 Å². The number of nitrogens with one attached hydrogen (secondary N) is 1. The number of hydrogen-bond acceptors (Lipinski definition) is 7. The summed E-state index contributed by atoms with van der Waals surface area (Å²) in [6.07, 6.45) is 3.56. The normalized spacial score (nSPS) is 13.2. The molecule has 5 rings (SSSR count). The molecule has 29 heavy (non-hydrogen) atoms. The molecule has 0 amide bonds.